The summed E-state index contributed by atoms with van der Waals surface area (Å²) in [5.74, 6) is 0. The molecule has 17 heavy (non-hydrogen) atoms. The number of hydrogen-bond donors (Lipinski definition) is 1. The fourth-order valence-corrected chi connectivity index (χ4v) is 2.86. The van der Waals surface area contributed by atoms with E-state index in [1.165, 1.54) is 15.4 Å². The van der Waals surface area contributed by atoms with Gasteiger partial charge in [-0.3, -0.25) is 0 Å². The van der Waals surface area contributed by atoms with Crippen LogP contribution < -0.4 is 5.73 Å². The Morgan fingerprint density at radius 2 is 1.71 bits per heavy atom. The number of nitrogens with two attached hydrogens (primary N) is 1. The minimum atomic E-state index is 0.0949. The summed E-state index contributed by atoms with van der Waals surface area (Å²) in [6.07, 6.45) is 0. The van der Waals surface area contributed by atoms with Gasteiger partial charge in [-0.05, 0) is 52.7 Å². The molecule has 2 N–H and O–H groups in total. The van der Waals surface area contributed by atoms with E-state index in [0.717, 1.165) is 4.47 Å². The molecule has 0 aliphatic heterocycles. The highest BCUT2D eigenvalue weighted by atomic mass is 79.9. The summed E-state index contributed by atoms with van der Waals surface area (Å²) in [5, 5.41) is 0. The van der Waals surface area contributed by atoms with E-state index >= 15 is 0 Å². The van der Waals surface area contributed by atoms with Gasteiger partial charge >= 0.3 is 0 Å². The topological polar surface area (TPSA) is 26.0 Å². The van der Waals surface area contributed by atoms with E-state index in [4.69, 9.17) is 5.73 Å². The molecule has 0 bridgehead atoms. The number of halogens is 1. The maximum atomic E-state index is 5.83. The fourth-order valence-electron chi connectivity index (χ4n) is 1.49. The van der Waals surface area contributed by atoms with Crippen molar-refractivity contribution in [3.63, 3.8) is 0 Å². The molecule has 2 rings (SSSR count). The molecule has 0 spiro atoms. The van der Waals surface area contributed by atoms with Crippen molar-refractivity contribution in [2.24, 2.45) is 5.73 Å². The third-order valence-corrected chi connectivity index (χ3v) is 4.51. The second-order valence-corrected chi connectivity index (χ2v) is 5.86. The van der Waals surface area contributed by atoms with Gasteiger partial charge in [0.05, 0.1) is 0 Å². The van der Waals surface area contributed by atoms with Crippen LogP contribution in [0.15, 0.2) is 62.8 Å². The standard InChI is InChI=1S/C14H14BrNS/c1-10(16)11-6-8-12(9-7-11)17-14-5-3-2-4-13(14)15/h2-10H,16H2,1H3/t10-/m1/s1. The molecule has 0 aliphatic rings. The normalized spacial score (nSPS) is 12.4. The van der Waals surface area contributed by atoms with Crippen LogP contribution in [0.25, 0.3) is 0 Å². The number of rotatable bonds is 3. The van der Waals surface area contributed by atoms with Gasteiger partial charge in [-0.2, -0.15) is 0 Å². The number of hydrogen-bond acceptors (Lipinski definition) is 2. The van der Waals surface area contributed by atoms with Crippen molar-refractivity contribution in [1.82, 2.24) is 0 Å². The Morgan fingerprint density at radius 3 is 2.29 bits per heavy atom. The van der Waals surface area contributed by atoms with Crippen molar-refractivity contribution < 1.29 is 0 Å². The van der Waals surface area contributed by atoms with Gasteiger partial charge in [-0.25, -0.2) is 0 Å². The van der Waals surface area contributed by atoms with Crippen LogP contribution >= 0.6 is 27.7 Å². The molecule has 0 unspecified atom stereocenters. The average molecular weight is 308 g/mol. The molecule has 88 valence electrons. The van der Waals surface area contributed by atoms with Crippen LogP contribution in [-0.2, 0) is 0 Å². The number of benzene rings is 2. The zero-order valence-corrected chi connectivity index (χ0v) is 12.0. The lowest BCUT2D eigenvalue weighted by molar-refractivity contribution is 0.817. The first kappa shape index (κ1) is 12.7. The molecule has 2 aromatic carbocycles. The Labute approximate surface area is 115 Å². The molecule has 2 aromatic rings. The Bertz CT molecular complexity index is 494. The van der Waals surface area contributed by atoms with Crippen molar-refractivity contribution in [2.45, 2.75) is 22.8 Å². The largest absolute Gasteiger partial charge is 0.324 e. The Balaban J connectivity index is 2.17. The molecule has 0 fully saturated rings. The molecule has 0 saturated carbocycles. The third-order valence-electron chi connectivity index (χ3n) is 2.47. The van der Waals surface area contributed by atoms with Crippen molar-refractivity contribution in [2.75, 3.05) is 0 Å². The van der Waals surface area contributed by atoms with E-state index in [1.54, 1.807) is 11.8 Å². The molecule has 0 heterocycles. The second-order valence-electron chi connectivity index (χ2n) is 3.89. The summed E-state index contributed by atoms with van der Waals surface area (Å²) in [7, 11) is 0. The highest BCUT2D eigenvalue weighted by Gasteiger charge is 2.03. The molecule has 3 heteroatoms. The molecule has 1 atom stereocenters. The van der Waals surface area contributed by atoms with Crippen molar-refractivity contribution in [3.8, 4) is 0 Å². The van der Waals surface area contributed by atoms with Gasteiger partial charge in [-0.1, -0.05) is 36.0 Å². The van der Waals surface area contributed by atoms with E-state index < -0.39 is 0 Å². The molecule has 0 aliphatic carbocycles. The second kappa shape index (κ2) is 5.71. The van der Waals surface area contributed by atoms with E-state index in [9.17, 15) is 0 Å². The van der Waals surface area contributed by atoms with Gasteiger partial charge in [0.1, 0.15) is 0 Å². The maximum absolute atomic E-state index is 5.83. The van der Waals surface area contributed by atoms with Crippen LogP contribution in [0.1, 0.15) is 18.5 Å². The maximum Gasteiger partial charge on any atom is 0.0314 e. The van der Waals surface area contributed by atoms with Crippen LogP contribution in [0.5, 0.6) is 0 Å². The minimum absolute atomic E-state index is 0.0949. The van der Waals surface area contributed by atoms with Gasteiger partial charge in [-0.15, -0.1) is 0 Å². The predicted molar refractivity (Wildman–Crippen MR) is 77.3 cm³/mol. The van der Waals surface area contributed by atoms with Crippen molar-refractivity contribution >= 4 is 27.7 Å². The summed E-state index contributed by atoms with van der Waals surface area (Å²) in [6.45, 7) is 2.00. The van der Waals surface area contributed by atoms with Gasteiger partial charge in [0, 0.05) is 20.3 Å². The molecule has 0 aromatic heterocycles. The Morgan fingerprint density at radius 1 is 1.06 bits per heavy atom. The highest BCUT2D eigenvalue weighted by molar-refractivity contribution is 9.10. The molecule has 0 radical (unpaired) electrons. The zero-order chi connectivity index (χ0) is 12.3. The average Bonchev–Trinajstić information content (AvgIpc) is 2.33. The zero-order valence-electron chi connectivity index (χ0n) is 9.56. The summed E-state index contributed by atoms with van der Waals surface area (Å²) in [6, 6.07) is 16.7. The Hall–Kier alpha value is -0.770. The van der Waals surface area contributed by atoms with Crippen molar-refractivity contribution in [1.29, 1.82) is 0 Å². The highest BCUT2D eigenvalue weighted by Crippen LogP contribution is 2.33. The van der Waals surface area contributed by atoms with Crippen LogP contribution in [0.3, 0.4) is 0 Å². The van der Waals surface area contributed by atoms with E-state index in [-0.39, 0.29) is 6.04 Å². The smallest absolute Gasteiger partial charge is 0.0314 e. The minimum Gasteiger partial charge on any atom is -0.324 e. The summed E-state index contributed by atoms with van der Waals surface area (Å²) >= 11 is 5.30. The fraction of sp³-hybridized carbons (Fsp3) is 0.143. The van der Waals surface area contributed by atoms with Crippen molar-refractivity contribution in [3.05, 3.63) is 58.6 Å². The first-order valence-electron chi connectivity index (χ1n) is 5.45. The van der Waals surface area contributed by atoms with Crippen LogP contribution in [0.2, 0.25) is 0 Å². The predicted octanol–water partition coefficient (Wildman–Crippen LogP) is 4.62. The molecular formula is C14H14BrNS. The monoisotopic (exact) mass is 307 g/mol. The third kappa shape index (κ3) is 3.35. The molecular weight excluding hydrogens is 294 g/mol. The molecule has 1 nitrogen and oxygen atoms in total. The van der Waals surface area contributed by atoms with Crippen LogP contribution in [0.4, 0.5) is 0 Å². The van der Waals surface area contributed by atoms with E-state index in [1.807, 2.05) is 19.1 Å². The summed E-state index contributed by atoms with van der Waals surface area (Å²) in [4.78, 5) is 2.45. The summed E-state index contributed by atoms with van der Waals surface area (Å²) in [5.41, 5.74) is 6.99. The van der Waals surface area contributed by atoms with Gasteiger partial charge in [0.2, 0.25) is 0 Å². The lowest BCUT2D eigenvalue weighted by atomic mass is 10.1. The molecule has 0 amide bonds. The molecule has 0 saturated heterocycles. The van der Waals surface area contributed by atoms with E-state index in [2.05, 4.69) is 52.3 Å². The van der Waals surface area contributed by atoms with Gasteiger partial charge in [0.25, 0.3) is 0 Å². The summed E-state index contributed by atoms with van der Waals surface area (Å²) < 4.78 is 1.13. The van der Waals surface area contributed by atoms with Crippen LogP contribution in [-0.4, -0.2) is 0 Å². The first-order valence-corrected chi connectivity index (χ1v) is 7.05. The first-order chi connectivity index (χ1) is 8.16. The quantitative estimate of drug-likeness (QED) is 0.895. The SMILES string of the molecule is C[C@@H](N)c1ccc(Sc2ccccc2Br)cc1. The van der Waals surface area contributed by atoms with Crippen LogP contribution in [0, 0.1) is 0 Å². The van der Waals surface area contributed by atoms with E-state index in [0.29, 0.717) is 0 Å². The lowest BCUT2D eigenvalue weighted by Crippen LogP contribution is -2.04. The lowest BCUT2D eigenvalue weighted by Gasteiger charge is -2.07. The Kier molecular flexibility index (Phi) is 4.26. The van der Waals surface area contributed by atoms with Gasteiger partial charge < -0.3 is 5.73 Å². The van der Waals surface area contributed by atoms with Gasteiger partial charge in [0.15, 0.2) is 0 Å².